The van der Waals surface area contributed by atoms with Crippen molar-refractivity contribution in [2.75, 3.05) is 4.90 Å². The van der Waals surface area contributed by atoms with E-state index in [0.717, 1.165) is 17.1 Å². The van der Waals surface area contributed by atoms with E-state index in [9.17, 15) is 0 Å². The Morgan fingerprint density at radius 1 is 0.340 bits per heavy atom. The van der Waals surface area contributed by atoms with Crippen molar-refractivity contribution in [3.63, 3.8) is 0 Å². The highest BCUT2D eigenvalue weighted by molar-refractivity contribution is 6.11. The van der Waals surface area contributed by atoms with E-state index in [2.05, 4.69) is 216 Å². The molecule has 10 rings (SSSR count). The molecule has 0 bridgehead atoms. The summed E-state index contributed by atoms with van der Waals surface area (Å²) in [6.07, 6.45) is 0. The first kappa shape index (κ1) is 30.9. The van der Waals surface area contributed by atoms with Crippen LogP contribution in [-0.2, 0) is 0 Å². The van der Waals surface area contributed by atoms with Crippen LogP contribution in [0.25, 0.3) is 66.1 Å². The molecular formula is C50H37N3. The highest BCUT2D eigenvalue weighted by Gasteiger charge is 2.18. The Balaban J connectivity index is 1.08. The lowest BCUT2D eigenvalue weighted by molar-refractivity contribution is 1.13. The number of aromatic nitrogens is 2. The third kappa shape index (κ3) is 5.04. The van der Waals surface area contributed by atoms with E-state index in [4.69, 9.17) is 0 Å². The number of nitrogens with zero attached hydrogens (tertiary/aromatic N) is 3. The van der Waals surface area contributed by atoms with Crippen molar-refractivity contribution in [1.82, 2.24) is 9.13 Å². The normalized spacial score (nSPS) is 11.6. The minimum Gasteiger partial charge on any atom is -0.310 e. The van der Waals surface area contributed by atoms with Gasteiger partial charge in [-0.1, -0.05) is 115 Å². The molecule has 0 aliphatic rings. The maximum absolute atomic E-state index is 2.41. The molecule has 3 nitrogen and oxygen atoms in total. The topological polar surface area (TPSA) is 13.1 Å². The van der Waals surface area contributed by atoms with Gasteiger partial charge in [-0.2, -0.15) is 0 Å². The van der Waals surface area contributed by atoms with Gasteiger partial charge in [-0.05, 0) is 109 Å². The standard InChI is InChI=1S/C50H37N3/c1-34-14-3-8-21-45(34)51(46-22-9-4-15-35(46)2)38-29-26-36(27-30-38)37-28-31-50-44(32-37)43-20-7-12-25-49(43)53(50)40-17-13-16-39(33-40)52-47-23-10-5-18-41(47)42-19-6-11-24-48(42)52/h3-33H,1-2H3. The molecule has 0 radical (unpaired) electrons. The van der Waals surface area contributed by atoms with Gasteiger partial charge in [0.25, 0.3) is 0 Å². The molecule has 0 fully saturated rings. The van der Waals surface area contributed by atoms with Crippen LogP contribution < -0.4 is 4.90 Å². The number of hydrogen-bond donors (Lipinski definition) is 0. The zero-order valence-electron chi connectivity index (χ0n) is 29.7. The number of aryl methyl sites for hydroxylation is 2. The molecule has 0 N–H and O–H groups in total. The van der Waals surface area contributed by atoms with E-state index in [0.29, 0.717) is 0 Å². The SMILES string of the molecule is Cc1ccccc1N(c1ccc(-c2ccc3c(c2)c2ccccc2n3-c2cccc(-n3c4ccccc4c4ccccc43)c2)cc1)c1ccccc1C. The molecule has 0 aliphatic carbocycles. The lowest BCUT2D eigenvalue weighted by Crippen LogP contribution is -2.12. The minimum atomic E-state index is 1.14. The first-order chi connectivity index (χ1) is 26.1. The summed E-state index contributed by atoms with van der Waals surface area (Å²) in [5.41, 5.74) is 15.5. The quantitative estimate of drug-likeness (QED) is 0.170. The third-order valence-corrected chi connectivity index (χ3v) is 10.8. The maximum Gasteiger partial charge on any atom is 0.0541 e. The first-order valence-electron chi connectivity index (χ1n) is 18.3. The van der Waals surface area contributed by atoms with Crippen LogP contribution in [0.4, 0.5) is 17.1 Å². The van der Waals surface area contributed by atoms with Gasteiger partial charge in [0.1, 0.15) is 0 Å². The van der Waals surface area contributed by atoms with Crippen molar-refractivity contribution < 1.29 is 0 Å². The van der Waals surface area contributed by atoms with E-state index in [1.807, 2.05) is 0 Å². The molecule has 0 atom stereocenters. The molecule has 0 aliphatic heterocycles. The largest absolute Gasteiger partial charge is 0.310 e. The molecule has 2 aromatic heterocycles. The molecule has 0 saturated carbocycles. The molecule has 8 aromatic carbocycles. The lowest BCUT2D eigenvalue weighted by Gasteiger charge is -2.28. The fourth-order valence-corrected chi connectivity index (χ4v) is 8.24. The maximum atomic E-state index is 2.41. The van der Waals surface area contributed by atoms with Gasteiger partial charge in [0.05, 0.1) is 22.1 Å². The second-order valence-corrected chi connectivity index (χ2v) is 13.9. The second kappa shape index (κ2) is 12.4. The minimum absolute atomic E-state index is 1.14. The van der Waals surface area contributed by atoms with E-state index in [1.165, 1.54) is 77.2 Å². The van der Waals surface area contributed by atoms with Crippen molar-refractivity contribution in [2.45, 2.75) is 13.8 Å². The fraction of sp³-hybridized carbons (Fsp3) is 0.0400. The lowest BCUT2D eigenvalue weighted by atomic mass is 10.0. The molecule has 3 heteroatoms. The van der Waals surface area contributed by atoms with E-state index in [1.54, 1.807) is 0 Å². The molecule has 10 aromatic rings. The number of para-hydroxylation sites is 5. The Kier molecular flexibility index (Phi) is 7.26. The average molecular weight is 680 g/mol. The van der Waals surface area contributed by atoms with Crippen molar-refractivity contribution in [2.24, 2.45) is 0 Å². The Labute approximate surface area is 309 Å². The molecular weight excluding hydrogens is 643 g/mol. The Morgan fingerprint density at radius 3 is 1.30 bits per heavy atom. The number of anilines is 3. The molecule has 252 valence electrons. The molecule has 0 amide bonds. The predicted octanol–water partition coefficient (Wildman–Crippen LogP) is 13.6. The van der Waals surface area contributed by atoms with Gasteiger partial charge in [0.2, 0.25) is 0 Å². The second-order valence-electron chi connectivity index (χ2n) is 13.9. The smallest absolute Gasteiger partial charge is 0.0541 e. The summed E-state index contributed by atoms with van der Waals surface area (Å²) in [4.78, 5) is 2.37. The van der Waals surface area contributed by atoms with Crippen molar-refractivity contribution in [3.05, 3.63) is 199 Å². The van der Waals surface area contributed by atoms with Crippen molar-refractivity contribution in [3.8, 4) is 22.5 Å². The number of fused-ring (bicyclic) bond motifs is 6. The van der Waals surface area contributed by atoms with Gasteiger partial charge in [-0.25, -0.2) is 0 Å². The van der Waals surface area contributed by atoms with Crippen LogP contribution in [0.15, 0.2) is 188 Å². The number of hydrogen-bond acceptors (Lipinski definition) is 1. The van der Waals surface area contributed by atoms with Crippen molar-refractivity contribution >= 4 is 60.7 Å². The molecule has 0 unspecified atom stereocenters. The molecule has 0 spiro atoms. The van der Waals surface area contributed by atoms with E-state index in [-0.39, 0.29) is 0 Å². The van der Waals surface area contributed by atoms with Crippen molar-refractivity contribution in [1.29, 1.82) is 0 Å². The van der Waals surface area contributed by atoms with Crippen LogP contribution in [-0.4, -0.2) is 9.13 Å². The predicted molar refractivity (Wildman–Crippen MR) is 225 cm³/mol. The molecule has 53 heavy (non-hydrogen) atoms. The van der Waals surface area contributed by atoms with Crippen LogP contribution in [0.1, 0.15) is 11.1 Å². The van der Waals surface area contributed by atoms with Gasteiger partial charge in [0.15, 0.2) is 0 Å². The molecule has 0 saturated heterocycles. The van der Waals surface area contributed by atoms with Crippen LogP contribution in [0.2, 0.25) is 0 Å². The monoisotopic (exact) mass is 679 g/mol. The average Bonchev–Trinajstić information content (AvgIpc) is 3.72. The summed E-state index contributed by atoms with van der Waals surface area (Å²) >= 11 is 0. The van der Waals surface area contributed by atoms with E-state index >= 15 is 0 Å². The number of benzene rings is 8. The number of rotatable bonds is 6. The first-order valence-corrected chi connectivity index (χ1v) is 18.3. The third-order valence-electron chi connectivity index (χ3n) is 10.8. The highest BCUT2D eigenvalue weighted by atomic mass is 15.1. The molecule has 2 heterocycles. The van der Waals surface area contributed by atoms with Crippen LogP contribution in [0, 0.1) is 13.8 Å². The Hall–Kier alpha value is -6.84. The Bertz CT molecular complexity index is 2880. The highest BCUT2D eigenvalue weighted by Crippen LogP contribution is 2.40. The van der Waals surface area contributed by atoms with Gasteiger partial charge < -0.3 is 14.0 Å². The zero-order chi connectivity index (χ0) is 35.5. The summed E-state index contributed by atoms with van der Waals surface area (Å²) < 4.78 is 4.81. The summed E-state index contributed by atoms with van der Waals surface area (Å²) in [6, 6.07) is 68.3. The summed E-state index contributed by atoms with van der Waals surface area (Å²) in [7, 11) is 0. The van der Waals surface area contributed by atoms with Crippen LogP contribution >= 0.6 is 0 Å². The summed E-state index contributed by atoms with van der Waals surface area (Å²) in [5.74, 6) is 0. The van der Waals surface area contributed by atoms with Gasteiger partial charge in [0, 0.05) is 50.0 Å². The summed E-state index contributed by atoms with van der Waals surface area (Å²) in [6.45, 7) is 4.36. The summed E-state index contributed by atoms with van der Waals surface area (Å²) in [5, 5.41) is 5.02. The van der Waals surface area contributed by atoms with Gasteiger partial charge >= 0.3 is 0 Å². The van der Waals surface area contributed by atoms with Gasteiger partial charge in [-0.15, -0.1) is 0 Å². The van der Waals surface area contributed by atoms with Gasteiger partial charge in [-0.3, -0.25) is 0 Å². The fourth-order valence-electron chi connectivity index (χ4n) is 8.24. The Morgan fingerprint density at radius 2 is 0.774 bits per heavy atom. The van der Waals surface area contributed by atoms with Crippen LogP contribution in [0.5, 0.6) is 0 Å². The van der Waals surface area contributed by atoms with E-state index < -0.39 is 0 Å². The van der Waals surface area contributed by atoms with Crippen LogP contribution in [0.3, 0.4) is 0 Å². The zero-order valence-corrected chi connectivity index (χ0v) is 29.7.